The topological polar surface area (TPSA) is 54.9 Å². The first-order chi connectivity index (χ1) is 10.7. The number of thiazole rings is 1. The lowest BCUT2D eigenvalue weighted by Gasteiger charge is -2.07. The quantitative estimate of drug-likeness (QED) is 0.738. The molecule has 0 atom stereocenters. The molecule has 0 aliphatic rings. The zero-order valence-corrected chi connectivity index (χ0v) is 13.9. The number of thioether (sulfide) groups is 1. The van der Waals surface area contributed by atoms with Crippen molar-refractivity contribution in [2.75, 3.05) is 11.6 Å². The second-order valence-electron chi connectivity index (χ2n) is 4.80. The van der Waals surface area contributed by atoms with E-state index in [1.807, 2.05) is 43.5 Å². The Hall–Kier alpha value is -1.92. The van der Waals surface area contributed by atoms with Crippen molar-refractivity contribution < 1.29 is 4.79 Å². The third-order valence-corrected chi connectivity index (χ3v) is 5.42. The molecule has 3 aromatic rings. The smallest absolute Gasteiger partial charge is 0.229 e. The zero-order valence-electron chi connectivity index (χ0n) is 12.3. The highest BCUT2D eigenvalue weighted by atomic mass is 32.2. The van der Waals surface area contributed by atoms with E-state index < -0.39 is 0 Å². The number of aromatic nitrogens is 2. The van der Waals surface area contributed by atoms with Gasteiger partial charge in [-0.1, -0.05) is 30.0 Å². The molecular weight excluding hydrogens is 314 g/mol. The van der Waals surface area contributed by atoms with Gasteiger partial charge in [0.25, 0.3) is 0 Å². The first-order valence-corrected chi connectivity index (χ1v) is 8.85. The maximum Gasteiger partial charge on any atom is 0.229 e. The highest BCUT2D eigenvalue weighted by molar-refractivity contribution is 8.00. The molecule has 2 heterocycles. The van der Waals surface area contributed by atoms with Crippen molar-refractivity contribution >= 4 is 45.6 Å². The van der Waals surface area contributed by atoms with Gasteiger partial charge in [-0.05, 0) is 25.3 Å². The number of carbonyl (C=O) groups is 1. The average Bonchev–Trinajstić information content (AvgIpc) is 2.88. The molecule has 112 valence electrons. The molecule has 0 radical (unpaired) electrons. The molecule has 1 amide bonds. The van der Waals surface area contributed by atoms with Gasteiger partial charge in [-0.2, -0.15) is 0 Å². The van der Waals surface area contributed by atoms with E-state index in [0.29, 0.717) is 6.42 Å². The monoisotopic (exact) mass is 329 g/mol. The van der Waals surface area contributed by atoms with E-state index in [4.69, 9.17) is 0 Å². The summed E-state index contributed by atoms with van der Waals surface area (Å²) in [6.07, 6.45) is 4.06. The second kappa shape index (κ2) is 6.46. The molecule has 3 rings (SSSR count). The van der Waals surface area contributed by atoms with Crippen LogP contribution in [-0.4, -0.2) is 22.1 Å². The lowest BCUT2D eigenvalue weighted by atomic mass is 10.2. The number of nitrogens with one attached hydrogen (secondary N) is 1. The van der Waals surface area contributed by atoms with Crippen molar-refractivity contribution in [1.82, 2.24) is 9.97 Å². The van der Waals surface area contributed by atoms with Crippen molar-refractivity contribution in [2.24, 2.45) is 0 Å². The SMILES string of the molecule is CSc1nc(C)c(CC(=O)Nc2cccc3cccnc23)s1. The molecule has 0 aliphatic heterocycles. The largest absolute Gasteiger partial charge is 0.324 e. The van der Waals surface area contributed by atoms with E-state index in [2.05, 4.69) is 15.3 Å². The van der Waals surface area contributed by atoms with E-state index in [1.165, 1.54) is 0 Å². The Labute approximate surface area is 137 Å². The van der Waals surface area contributed by atoms with Crippen molar-refractivity contribution in [1.29, 1.82) is 0 Å². The normalized spacial score (nSPS) is 10.8. The minimum atomic E-state index is -0.0439. The lowest BCUT2D eigenvalue weighted by molar-refractivity contribution is -0.115. The van der Waals surface area contributed by atoms with Crippen LogP contribution in [0.25, 0.3) is 10.9 Å². The van der Waals surface area contributed by atoms with Gasteiger partial charge >= 0.3 is 0 Å². The van der Waals surface area contributed by atoms with Gasteiger partial charge in [-0.15, -0.1) is 11.3 Å². The fourth-order valence-electron chi connectivity index (χ4n) is 2.20. The summed E-state index contributed by atoms with van der Waals surface area (Å²) >= 11 is 3.18. The Kier molecular flexibility index (Phi) is 4.40. The molecule has 1 N–H and O–H groups in total. The second-order valence-corrected chi connectivity index (χ2v) is 6.94. The number of hydrogen-bond acceptors (Lipinski definition) is 5. The van der Waals surface area contributed by atoms with Crippen LogP contribution in [0.5, 0.6) is 0 Å². The van der Waals surface area contributed by atoms with Crippen LogP contribution in [0.1, 0.15) is 10.6 Å². The molecule has 1 aromatic carbocycles. The van der Waals surface area contributed by atoms with Gasteiger partial charge in [-0.25, -0.2) is 4.98 Å². The number of rotatable bonds is 4. The molecule has 0 unspecified atom stereocenters. The number of aryl methyl sites for hydroxylation is 1. The van der Waals surface area contributed by atoms with Crippen LogP contribution in [0.15, 0.2) is 40.9 Å². The predicted molar refractivity (Wildman–Crippen MR) is 92.7 cm³/mol. The maximum absolute atomic E-state index is 12.3. The van der Waals surface area contributed by atoms with Gasteiger partial charge in [0.15, 0.2) is 0 Å². The molecule has 4 nitrogen and oxygen atoms in total. The van der Waals surface area contributed by atoms with E-state index in [0.717, 1.165) is 31.5 Å². The van der Waals surface area contributed by atoms with Crippen LogP contribution >= 0.6 is 23.1 Å². The highest BCUT2D eigenvalue weighted by Gasteiger charge is 2.12. The van der Waals surface area contributed by atoms with Crippen LogP contribution < -0.4 is 5.32 Å². The first kappa shape index (κ1) is 15.0. The van der Waals surface area contributed by atoms with Gasteiger partial charge in [0.05, 0.1) is 23.3 Å². The molecule has 0 saturated heterocycles. The minimum Gasteiger partial charge on any atom is -0.324 e. The summed E-state index contributed by atoms with van der Waals surface area (Å²) in [7, 11) is 0. The number of hydrogen-bond donors (Lipinski definition) is 1. The van der Waals surface area contributed by atoms with E-state index in [-0.39, 0.29) is 5.91 Å². The molecular formula is C16H15N3OS2. The van der Waals surface area contributed by atoms with Gasteiger partial charge in [-0.3, -0.25) is 9.78 Å². The Morgan fingerprint density at radius 2 is 2.14 bits per heavy atom. The average molecular weight is 329 g/mol. The van der Waals surface area contributed by atoms with Crippen molar-refractivity contribution in [3.8, 4) is 0 Å². The van der Waals surface area contributed by atoms with Gasteiger partial charge in [0.2, 0.25) is 5.91 Å². The lowest BCUT2D eigenvalue weighted by Crippen LogP contribution is -2.14. The Balaban J connectivity index is 1.80. The number of para-hydroxylation sites is 1. The van der Waals surface area contributed by atoms with E-state index in [9.17, 15) is 4.79 Å². The fraction of sp³-hybridized carbons (Fsp3) is 0.188. The van der Waals surface area contributed by atoms with E-state index >= 15 is 0 Å². The first-order valence-electron chi connectivity index (χ1n) is 6.81. The number of anilines is 1. The van der Waals surface area contributed by atoms with Gasteiger partial charge < -0.3 is 5.32 Å². The predicted octanol–water partition coefficient (Wildman–Crippen LogP) is 3.90. The van der Waals surface area contributed by atoms with Crippen molar-refractivity contribution in [3.63, 3.8) is 0 Å². The summed E-state index contributed by atoms with van der Waals surface area (Å²) in [5, 5.41) is 3.97. The summed E-state index contributed by atoms with van der Waals surface area (Å²) in [6.45, 7) is 1.94. The maximum atomic E-state index is 12.3. The Morgan fingerprint density at radius 1 is 1.32 bits per heavy atom. The number of pyridine rings is 1. The van der Waals surface area contributed by atoms with Crippen LogP contribution in [0.4, 0.5) is 5.69 Å². The van der Waals surface area contributed by atoms with Gasteiger partial charge in [0, 0.05) is 16.5 Å². The number of amides is 1. The highest BCUT2D eigenvalue weighted by Crippen LogP contribution is 2.26. The summed E-state index contributed by atoms with van der Waals surface area (Å²) in [4.78, 5) is 22.1. The van der Waals surface area contributed by atoms with Crippen LogP contribution in [-0.2, 0) is 11.2 Å². The van der Waals surface area contributed by atoms with Crippen LogP contribution in [0, 0.1) is 6.92 Å². The molecule has 0 saturated carbocycles. The molecule has 22 heavy (non-hydrogen) atoms. The number of fused-ring (bicyclic) bond motifs is 1. The number of carbonyl (C=O) groups excluding carboxylic acids is 1. The summed E-state index contributed by atoms with van der Waals surface area (Å²) in [5.74, 6) is -0.0439. The summed E-state index contributed by atoms with van der Waals surface area (Å²) in [5.41, 5.74) is 2.49. The van der Waals surface area contributed by atoms with Crippen molar-refractivity contribution in [2.45, 2.75) is 17.7 Å². The molecule has 2 aromatic heterocycles. The Bertz CT molecular complexity index is 824. The number of nitrogens with zero attached hydrogens (tertiary/aromatic N) is 2. The van der Waals surface area contributed by atoms with Crippen molar-refractivity contribution in [3.05, 3.63) is 47.1 Å². The molecule has 0 spiro atoms. The molecule has 0 bridgehead atoms. The number of benzene rings is 1. The van der Waals surface area contributed by atoms with Gasteiger partial charge in [0.1, 0.15) is 4.34 Å². The summed E-state index contributed by atoms with van der Waals surface area (Å²) < 4.78 is 0.993. The molecule has 0 aliphatic carbocycles. The molecule has 0 fully saturated rings. The standard InChI is InChI=1S/C16H15N3OS2/c1-10-13(22-16(18-10)21-2)9-14(20)19-12-7-3-5-11-6-4-8-17-15(11)12/h3-8H,9H2,1-2H3,(H,19,20). The summed E-state index contributed by atoms with van der Waals surface area (Å²) in [6, 6.07) is 9.65. The van der Waals surface area contributed by atoms with E-state index in [1.54, 1.807) is 29.3 Å². The third-order valence-electron chi connectivity index (χ3n) is 3.28. The third kappa shape index (κ3) is 3.13. The zero-order chi connectivity index (χ0) is 15.5. The Morgan fingerprint density at radius 3 is 2.91 bits per heavy atom. The fourth-order valence-corrected chi connectivity index (χ4v) is 3.85. The van der Waals surface area contributed by atoms with Crippen LogP contribution in [0.3, 0.4) is 0 Å². The van der Waals surface area contributed by atoms with Crippen LogP contribution in [0.2, 0.25) is 0 Å². The molecule has 6 heteroatoms. The minimum absolute atomic E-state index is 0.0439.